The molecule has 3 N–H and O–H groups in total. The molecule has 31 heavy (non-hydrogen) atoms. The maximum absolute atomic E-state index is 6.30. The summed E-state index contributed by atoms with van der Waals surface area (Å²) >= 11 is 11.0. The minimum Gasteiger partial charge on any atom is -0.455 e. The first-order chi connectivity index (χ1) is 15.1. The van der Waals surface area contributed by atoms with Crippen LogP contribution in [0.25, 0.3) is 11.3 Å². The predicted molar refractivity (Wildman–Crippen MR) is 128 cm³/mol. The lowest BCUT2D eigenvalue weighted by atomic mass is 10.2. The summed E-state index contributed by atoms with van der Waals surface area (Å²) in [6.07, 6.45) is 3.35. The summed E-state index contributed by atoms with van der Waals surface area (Å²) in [6, 6.07) is 15.8. The van der Waals surface area contributed by atoms with E-state index in [1.807, 2.05) is 48.7 Å². The van der Waals surface area contributed by atoms with Crippen molar-refractivity contribution in [3.63, 3.8) is 0 Å². The Morgan fingerprint density at radius 2 is 1.97 bits per heavy atom. The number of nitrogens with one attached hydrogen (secondary N) is 1. The Labute approximate surface area is 191 Å². The Kier molecular flexibility index (Phi) is 6.81. The number of thiocarbonyl (C=S) groups is 1. The molecular weight excluding hydrogens is 432 g/mol. The number of furan rings is 1. The van der Waals surface area contributed by atoms with Gasteiger partial charge in [0, 0.05) is 49.5 Å². The standard InChI is InChI=1S/C22H23ClN6OS/c23-19-4-2-1-3-17(19)15-28-9-11-29(12-10-28)21-8-5-16(13-25-21)20-7-6-18(30-20)14-26-27-22(24)31/h1-8,13-14H,9-12,15H2,(H3,24,27,31). The molecule has 0 unspecified atom stereocenters. The molecule has 160 valence electrons. The van der Waals surface area contributed by atoms with Gasteiger partial charge < -0.3 is 15.1 Å². The fraction of sp³-hybridized carbons (Fsp3) is 0.227. The Hall–Kier alpha value is -2.94. The molecule has 3 heterocycles. The third kappa shape index (κ3) is 5.61. The van der Waals surface area contributed by atoms with Crippen LogP contribution in [-0.2, 0) is 6.54 Å². The first-order valence-corrected chi connectivity index (χ1v) is 10.7. The molecule has 1 aliphatic heterocycles. The summed E-state index contributed by atoms with van der Waals surface area (Å²) in [4.78, 5) is 9.36. The van der Waals surface area contributed by atoms with E-state index in [9.17, 15) is 0 Å². The summed E-state index contributed by atoms with van der Waals surface area (Å²) < 4.78 is 5.77. The topological polar surface area (TPSA) is 82.9 Å². The lowest BCUT2D eigenvalue weighted by Gasteiger charge is -2.35. The van der Waals surface area contributed by atoms with Gasteiger partial charge in [0.2, 0.25) is 0 Å². The normalized spacial score (nSPS) is 14.8. The van der Waals surface area contributed by atoms with Gasteiger partial charge in [-0.2, -0.15) is 5.10 Å². The smallest absolute Gasteiger partial charge is 0.184 e. The van der Waals surface area contributed by atoms with Crippen molar-refractivity contribution in [2.24, 2.45) is 10.8 Å². The Morgan fingerprint density at radius 1 is 1.16 bits per heavy atom. The van der Waals surface area contributed by atoms with Gasteiger partial charge in [0.25, 0.3) is 0 Å². The van der Waals surface area contributed by atoms with E-state index in [0.29, 0.717) is 5.76 Å². The van der Waals surface area contributed by atoms with Crippen molar-refractivity contribution in [1.29, 1.82) is 0 Å². The molecule has 0 saturated carbocycles. The highest BCUT2D eigenvalue weighted by Crippen LogP contribution is 2.24. The average Bonchev–Trinajstić information content (AvgIpc) is 3.25. The summed E-state index contributed by atoms with van der Waals surface area (Å²) in [5.74, 6) is 2.29. The Morgan fingerprint density at radius 3 is 2.68 bits per heavy atom. The fourth-order valence-corrected chi connectivity index (χ4v) is 3.71. The van der Waals surface area contributed by atoms with Crippen molar-refractivity contribution in [2.75, 3.05) is 31.1 Å². The summed E-state index contributed by atoms with van der Waals surface area (Å²) in [5, 5.41) is 4.82. The van der Waals surface area contributed by atoms with Gasteiger partial charge in [-0.25, -0.2) is 4.98 Å². The Balaban J connectivity index is 1.33. The van der Waals surface area contributed by atoms with Crippen LogP contribution in [0.1, 0.15) is 11.3 Å². The minimum atomic E-state index is 0.104. The van der Waals surface area contributed by atoms with Gasteiger partial charge in [-0.15, -0.1) is 0 Å². The van der Waals surface area contributed by atoms with E-state index in [2.05, 4.69) is 31.4 Å². The van der Waals surface area contributed by atoms with Crippen LogP contribution in [0.15, 0.2) is 64.2 Å². The highest BCUT2D eigenvalue weighted by atomic mass is 35.5. The molecule has 0 aliphatic carbocycles. The van der Waals surface area contributed by atoms with Crippen molar-refractivity contribution in [3.05, 3.63) is 71.1 Å². The lowest BCUT2D eigenvalue weighted by Crippen LogP contribution is -2.46. The molecular formula is C22H23ClN6OS. The van der Waals surface area contributed by atoms with E-state index in [4.69, 9.17) is 34.0 Å². The molecule has 9 heteroatoms. The van der Waals surface area contributed by atoms with Gasteiger partial charge in [0.05, 0.1) is 6.21 Å². The van der Waals surface area contributed by atoms with E-state index in [0.717, 1.165) is 54.9 Å². The van der Waals surface area contributed by atoms with E-state index < -0.39 is 0 Å². The second kappa shape index (κ2) is 9.91. The van der Waals surface area contributed by atoms with Gasteiger partial charge in [-0.3, -0.25) is 10.3 Å². The van der Waals surface area contributed by atoms with Crippen LogP contribution in [0.4, 0.5) is 5.82 Å². The molecule has 1 aromatic carbocycles. The van der Waals surface area contributed by atoms with Crippen LogP contribution in [0.2, 0.25) is 5.02 Å². The average molecular weight is 455 g/mol. The highest BCUT2D eigenvalue weighted by molar-refractivity contribution is 7.80. The molecule has 0 spiro atoms. The number of nitrogens with zero attached hydrogens (tertiary/aromatic N) is 4. The number of pyridine rings is 1. The molecule has 1 aliphatic rings. The van der Waals surface area contributed by atoms with Crippen molar-refractivity contribution in [3.8, 4) is 11.3 Å². The molecule has 1 fully saturated rings. The third-order valence-electron chi connectivity index (χ3n) is 5.07. The summed E-state index contributed by atoms with van der Waals surface area (Å²) in [6.45, 7) is 4.66. The maximum atomic E-state index is 6.30. The summed E-state index contributed by atoms with van der Waals surface area (Å²) in [5.41, 5.74) is 9.91. The van der Waals surface area contributed by atoms with Crippen LogP contribution < -0.4 is 16.1 Å². The van der Waals surface area contributed by atoms with Gasteiger partial charge in [-0.1, -0.05) is 29.8 Å². The maximum Gasteiger partial charge on any atom is 0.184 e. The van der Waals surface area contributed by atoms with Crippen molar-refractivity contribution in [2.45, 2.75) is 6.54 Å². The molecule has 1 saturated heterocycles. The fourth-order valence-electron chi connectivity index (χ4n) is 3.46. The van der Waals surface area contributed by atoms with Gasteiger partial charge in [0.15, 0.2) is 5.11 Å². The third-order valence-corrected chi connectivity index (χ3v) is 5.53. The number of hydrogen-bond acceptors (Lipinski definition) is 6. The molecule has 3 aromatic rings. The number of nitrogens with two attached hydrogens (primary N) is 1. The van der Waals surface area contributed by atoms with Gasteiger partial charge in [0.1, 0.15) is 17.3 Å². The van der Waals surface area contributed by atoms with E-state index >= 15 is 0 Å². The van der Waals surface area contributed by atoms with Crippen LogP contribution >= 0.6 is 23.8 Å². The summed E-state index contributed by atoms with van der Waals surface area (Å²) in [7, 11) is 0. The SMILES string of the molecule is NC(=S)NN=Cc1ccc(-c2ccc(N3CCN(Cc4ccccc4Cl)CC3)nc2)o1. The predicted octanol–water partition coefficient (Wildman–Crippen LogP) is 3.48. The quantitative estimate of drug-likeness (QED) is 0.335. The van der Waals surface area contributed by atoms with Crippen LogP contribution in [0.3, 0.4) is 0 Å². The molecule has 0 atom stereocenters. The van der Waals surface area contributed by atoms with Crippen molar-refractivity contribution < 1.29 is 4.42 Å². The monoisotopic (exact) mass is 454 g/mol. The molecule has 0 amide bonds. The molecule has 0 radical (unpaired) electrons. The number of hydrogen-bond donors (Lipinski definition) is 2. The van der Waals surface area contributed by atoms with Gasteiger partial charge in [-0.05, 0) is 48.1 Å². The lowest BCUT2D eigenvalue weighted by molar-refractivity contribution is 0.249. The largest absolute Gasteiger partial charge is 0.455 e. The number of benzene rings is 1. The zero-order valence-electron chi connectivity index (χ0n) is 16.9. The van der Waals surface area contributed by atoms with Gasteiger partial charge >= 0.3 is 0 Å². The molecule has 2 aromatic heterocycles. The first kappa shape index (κ1) is 21.3. The highest BCUT2D eigenvalue weighted by Gasteiger charge is 2.19. The zero-order valence-corrected chi connectivity index (χ0v) is 18.4. The molecule has 0 bridgehead atoms. The Bertz CT molecular complexity index is 1060. The van der Waals surface area contributed by atoms with Crippen LogP contribution in [0, 0.1) is 0 Å². The van der Waals surface area contributed by atoms with Crippen LogP contribution in [-0.4, -0.2) is 47.4 Å². The second-order valence-electron chi connectivity index (χ2n) is 7.20. The number of halogens is 1. The molecule has 4 rings (SSSR count). The van der Waals surface area contributed by atoms with E-state index in [-0.39, 0.29) is 5.11 Å². The van der Waals surface area contributed by atoms with Crippen molar-refractivity contribution in [1.82, 2.24) is 15.3 Å². The van der Waals surface area contributed by atoms with E-state index in [1.165, 1.54) is 11.8 Å². The van der Waals surface area contributed by atoms with E-state index in [1.54, 1.807) is 0 Å². The number of piperazine rings is 1. The zero-order chi connectivity index (χ0) is 21.6. The molecule has 7 nitrogen and oxygen atoms in total. The first-order valence-electron chi connectivity index (χ1n) is 9.94. The number of rotatable bonds is 6. The van der Waals surface area contributed by atoms with Crippen LogP contribution in [0.5, 0.6) is 0 Å². The second-order valence-corrected chi connectivity index (χ2v) is 8.04. The number of aromatic nitrogens is 1. The number of anilines is 1. The van der Waals surface area contributed by atoms with Crippen molar-refractivity contribution >= 4 is 41.0 Å². The minimum absolute atomic E-state index is 0.104. The number of hydrazone groups is 1.